The van der Waals surface area contributed by atoms with Crippen LogP contribution in [0.5, 0.6) is 0 Å². The lowest BCUT2D eigenvalue weighted by molar-refractivity contribution is -0.130. The Morgan fingerprint density at radius 2 is 1.93 bits per heavy atom. The number of anilines is 1. The summed E-state index contributed by atoms with van der Waals surface area (Å²) in [4.78, 5) is 17.3. The van der Waals surface area contributed by atoms with E-state index in [4.69, 9.17) is 4.74 Å². The largest absolute Gasteiger partial charge is 0.375 e. The highest BCUT2D eigenvalue weighted by Crippen LogP contribution is 2.37. The minimum atomic E-state index is -0.0134. The quantitative estimate of drug-likeness (QED) is 0.854. The first-order chi connectivity index (χ1) is 13.1. The number of carbonyl (C=O) groups excluding carboxylic acids is 1. The smallest absolute Gasteiger partial charge is 0.321 e. The third-order valence-corrected chi connectivity index (χ3v) is 6.61. The fraction of sp³-hybridized carbons (Fsp3) is 0.682. The number of urea groups is 1. The van der Waals surface area contributed by atoms with E-state index in [1.54, 1.807) is 0 Å². The molecule has 3 fully saturated rings. The fourth-order valence-electron chi connectivity index (χ4n) is 4.99. The van der Waals surface area contributed by atoms with Crippen molar-refractivity contribution < 1.29 is 9.53 Å². The zero-order valence-corrected chi connectivity index (χ0v) is 16.6. The van der Waals surface area contributed by atoms with Crippen LogP contribution in [-0.2, 0) is 4.74 Å². The number of aryl methyl sites for hydroxylation is 1. The Balaban J connectivity index is 1.31. The van der Waals surface area contributed by atoms with Crippen LogP contribution in [0, 0.1) is 6.92 Å². The third kappa shape index (κ3) is 4.46. The molecule has 3 saturated heterocycles. The van der Waals surface area contributed by atoms with Gasteiger partial charge in [0.2, 0.25) is 0 Å². The van der Waals surface area contributed by atoms with E-state index >= 15 is 0 Å². The Morgan fingerprint density at radius 1 is 1.15 bits per heavy atom. The zero-order chi connectivity index (χ0) is 18.7. The van der Waals surface area contributed by atoms with Gasteiger partial charge in [-0.25, -0.2) is 4.79 Å². The van der Waals surface area contributed by atoms with Crippen molar-refractivity contribution in [1.29, 1.82) is 0 Å². The van der Waals surface area contributed by atoms with Gasteiger partial charge in [0.1, 0.15) is 0 Å². The lowest BCUT2D eigenvalue weighted by Crippen LogP contribution is -2.55. The van der Waals surface area contributed by atoms with E-state index in [1.807, 2.05) is 36.1 Å². The number of hydrogen-bond donors (Lipinski definition) is 1. The van der Waals surface area contributed by atoms with Gasteiger partial charge in [-0.15, -0.1) is 0 Å². The predicted octanol–water partition coefficient (Wildman–Crippen LogP) is 4.03. The second kappa shape index (κ2) is 8.19. The van der Waals surface area contributed by atoms with Gasteiger partial charge in [0.25, 0.3) is 0 Å². The summed E-state index contributed by atoms with van der Waals surface area (Å²) < 4.78 is 6.30. The van der Waals surface area contributed by atoms with Gasteiger partial charge >= 0.3 is 6.03 Å². The number of rotatable bonds is 2. The molecule has 27 heavy (non-hydrogen) atoms. The maximum absolute atomic E-state index is 12.6. The number of benzene rings is 1. The SMILES string of the molecule is Cc1cccc(NC(=O)N2CCC3(CC2)CC(N2CCCCC2)CCO3)c1. The Labute approximate surface area is 163 Å². The molecule has 2 amide bonds. The molecule has 1 aromatic rings. The number of piperidine rings is 2. The molecular weight excluding hydrogens is 338 g/mol. The molecule has 3 heterocycles. The average Bonchev–Trinajstić information content (AvgIpc) is 2.69. The molecule has 1 unspecified atom stereocenters. The third-order valence-electron chi connectivity index (χ3n) is 6.61. The summed E-state index contributed by atoms with van der Waals surface area (Å²) in [5.74, 6) is 0. The molecule has 1 atom stereocenters. The highest BCUT2D eigenvalue weighted by atomic mass is 16.5. The molecule has 0 saturated carbocycles. The van der Waals surface area contributed by atoms with Crippen LogP contribution in [0.4, 0.5) is 10.5 Å². The van der Waals surface area contributed by atoms with Crippen LogP contribution >= 0.6 is 0 Å². The van der Waals surface area contributed by atoms with Crippen LogP contribution in [0.3, 0.4) is 0 Å². The van der Waals surface area contributed by atoms with Crippen LogP contribution in [-0.4, -0.2) is 60.3 Å². The fourth-order valence-corrected chi connectivity index (χ4v) is 4.99. The molecule has 0 radical (unpaired) electrons. The Bertz CT molecular complexity index is 649. The number of nitrogens with zero attached hydrogens (tertiary/aromatic N) is 2. The molecular formula is C22H33N3O2. The second-order valence-electron chi connectivity index (χ2n) is 8.56. The van der Waals surface area contributed by atoms with Crippen molar-refractivity contribution in [2.45, 2.75) is 63.5 Å². The van der Waals surface area contributed by atoms with E-state index in [9.17, 15) is 4.79 Å². The molecule has 4 rings (SSSR count). The van der Waals surface area contributed by atoms with Gasteiger partial charge in [0.15, 0.2) is 0 Å². The lowest BCUT2D eigenvalue weighted by Gasteiger charge is -2.49. The number of carbonyl (C=O) groups is 1. The number of ether oxygens (including phenoxy) is 1. The van der Waals surface area contributed by atoms with Crippen LogP contribution < -0.4 is 5.32 Å². The number of hydrogen-bond acceptors (Lipinski definition) is 3. The summed E-state index contributed by atoms with van der Waals surface area (Å²) >= 11 is 0. The van der Waals surface area contributed by atoms with Crippen molar-refractivity contribution in [3.8, 4) is 0 Å². The van der Waals surface area contributed by atoms with Gasteiger partial charge in [0, 0.05) is 31.4 Å². The van der Waals surface area contributed by atoms with E-state index in [2.05, 4.69) is 10.2 Å². The van der Waals surface area contributed by atoms with Crippen molar-refractivity contribution in [2.24, 2.45) is 0 Å². The minimum absolute atomic E-state index is 0.0128. The van der Waals surface area contributed by atoms with E-state index < -0.39 is 0 Å². The predicted molar refractivity (Wildman–Crippen MR) is 108 cm³/mol. The standard InChI is InChI=1S/C22H33N3O2/c1-18-6-5-7-19(16-18)23-21(26)25-13-9-22(10-14-25)17-20(8-15-27-22)24-11-3-2-4-12-24/h5-7,16,20H,2-4,8-15,17H2,1H3,(H,23,26). The molecule has 0 aromatic heterocycles. The summed E-state index contributed by atoms with van der Waals surface area (Å²) in [7, 11) is 0. The molecule has 1 N–H and O–H groups in total. The molecule has 3 aliphatic rings. The van der Waals surface area contributed by atoms with E-state index in [-0.39, 0.29) is 11.6 Å². The molecule has 148 valence electrons. The Hall–Kier alpha value is -1.59. The first-order valence-electron chi connectivity index (χ1n) is 10.6. The highest BCUT2D eigenvalue weighted by molar-refractivity contribution is 5.89. The van der Waals surface area contributed by atoms with Crippen molar-refractivity contribution in [2.75, 3.05) is 38.1 Å². The zero-order valence-electron chi connectivity index (χ0n) is 16.6. The van der Waals surface area contributed by atoms with Crippen LogP contribution in [0.25, 0.3) is 0 Å². The summed E-state index contributed by atoms with van der Waals surface area (Å²) in [5, 5.41) is 3.04. The molecule has 5 heteroatoms. The first-order valence-corrected chi connectivity index (χ1v) is 10.6. The second-order valence-corrected chi connectivity index (χ2v) is 8.56. The van der Waals surface area contributed by atoms with Crippen molar-refractivity contribution >= 4 is 11.7 Å². The van der Waals surface area contributed by atoms with Crippen LogP contribution in [0.1, 0.15) is 50.5 Å². The van der Waals surface area contributed by atoms with Crippen LogP contribution in [0.2, 0.25) is 0 Å². The average molecular weight is 372 g/mol. The van der Waals surface area contributed by atoms with E-state index in [1.165, 1.54) is 38.8 Å². The van der Waals surface area contributed by atoms with Gasteiger partial charge in [-0.2, -0.15) is 0 Å². The van der Waals surface area contributed by atoms with Crippen LogP contribution in [0.15, 0.2) is 24.3 Å². The van der Waals surface area contributed by atoms with Crippen molar-refractivity contribution in [3.05, 3.63) is 29.8 Å². The summed E-state index contributed by atoms with van der Waals surface area (Å²) in [6, 6.07) is 8.66. The summed E-state index contributed by atoms with van der Waals surface area (Å²) in [6.45, 7) is 6.99. The Kier molecular flexibility index (Phi) is 5.69. The molecule has 1 aromatic carbocycles. The molecule has 0 aliphatic carbocycles. The molecule has 5 nitrogen and oxygen atoms in total. The molecule has 0 bridgehead atoms. The van der Waals surface area contributed by atoms with Gasteiger partial charge in [-0.3, -0.25) is 0 Å². The number of amides is 2. The maximum atomic E-state index is 12.6. The van der Waals surface area contributed by atoms with Gasteiger partial charge in [-0.05, 0) is 76.2 Å². The number of likely N-dealkylation sites (tertiary alicyclic amines) is 2. The highest BCUT2D eigenvalue weighted by Gasteiger charge is 2.42. The minimum Gasteiger partial charge on any atom is -0.375 e. The van der Waals surface area contributed by atoms with Crippen molar-refractivity contribution in [1.82, 2.24) is 9.80 Å². The molecule has 1 spiro atoms. The first kappa shape index (κ1) is 18.8. The van der Waals surface area contributed by atoms with E-state index in [0.29, 0.717) is 6.04 Å². The monoisotopic (exact) mass is 371 g/mol. The van der Waals surface area contributed by atoms with Gasteiger partial charge in [0.05, 0.1) is 5.60 Å². The maximum Gasteiger partial charge on any atom is 0.321 e. The summed E-state index contributed by atoms with van der Waals surface area (Å²) in [6.07, 6.45) is 8.29. The normalized spacial score (nSPS) is 26.1. The van der Waals surface area contributed by atoms with Gasteiger partial charge in [-0.1, -0.05) is 18.6 Å². The number of nitrogens with one attached hydrogen (secondary N) is 1. The van der Waals surface area contributed by atoms with Gasteiger partial charge < -0.3 is 19.9 Å². The summed E-state index contributed by atoms with van der Waals surface area (Å²) in [5.41, 5.74) is 2.02. The van der Waals surface area contributed by atoms with Crippen molar-refractivity contribution in [3.63, 3.8) is 0 Å². The molecule has 3 aliphatic heterocycles. The topological polar surface area (TPSA) is 44.8 Å². The van der Waals surface area contributed by atoms with E-state index in [0.717, 1.165) is 50.2 Å². The Morgan fingerprint density at radius 3 is 2.67 bits per heavy atom. The lowest BCUT2D eigenvalue weighted by atomic mass is 9.81.